The van der Waals surface area contributed by atoms with Gasteiger partial charge in [0.25, 0.3) is 5.91 Å². The molecule has 0 aliphatic carbocycles. The predicted molar refractivity (Wildman–Crippen MR) is 105 cm³/mol. The summed E-state index contributed by atoms with van der Waals surface area (Å²) in [7, 11) is 0. The average molecular weight is 347 g/mol. The van der Waals surface area contributed by atoms with Gasteiger partial charge >= 0.3 is 0 Å². The molecule has 0 spiro atoms. The highest BCUT2D eigenvalue weighted by molar-refractivity contribution is 6.07. The summed E-state index contributed by atoms with van der Waals surface area (Å²) in [5.74, 6) is -0.328. The maximum absolute atomic E-state index is 12.6. The fraction of sp³-hybridized carbons (Fsp3) is 0.273. The number of nitriles is 1. The number of hydrogen-bond donors (Lipinski definition) is 2. The van der Waals surface area contributed by atoms with Crippen molar-refractivity contribution in [1.29, 1.82) is 5.26 Å². The van der Waals surface area contributed by atoms with E-state index in [1.165, 1.54) is 0 Å². The van der Waals surface area contributed by atoms with Gasteiger partial charge in [-0.2, -0.15) is 5.26 Å². The molecule has 2 rings (SSSR count). The molecule has 0 unspecified atom stereocenters. The Bertz CT molecular complexity index is 719. The molecule has 0 bridgehead atoms. The molecule has 0 atom stereocenters. The standard InChI is InChI=1S/C22H25N3O/c1-2-14-24-15-9-16-25-22(26)20(17-23)21(18-10-5-3-6-11-18)19-12-7-4-8-13-19/h3-8,10-13,24H,2,9,14-16H2,1H3,(H,25,26). The van der Waals surface area contributed by atoms with Crippen molar-refractivity contribution in [2.75, 3.05) is 19.6 Å². The summed E-state index contributed by atoms with van der Waals surface area (Å²) in [6.07, 6.45) is 1.92. The predicted octanol–water partition coefficient (Wildman–Crippen LogP) is 3.52. The zero-order chi connectivity index (χ0) is 18.6. The van der Waals surface area contributed by atoms with E-state index < -0.39 is 0 Å². The van der Waals surface area contributed by atoms with Crippen LogP contribution in [0.1, 0.15) is 30.9 Å². The van der Waals surface area contributed by atoms with Crippen LogP contribution in [0.5, 0.6) is 0 Å². The Kier molecular flexibility index (Phi) is 8.11. The molecular weight excluding hydrogens is 322 g/mol. The number of nitrogens with one attached hydrogen (secondary N) is 2. The molecule has 0 radical (unpaired) electrons. The van der Waals surface area contributed by atoms with E-state index in [1.807, 2.05) is 60.7 Å². The average Bonchev–Trinajstić information content (AvgIpc) is 2.69. The van der Waals surface area contributed by atoms with Crippen LogP contribution in [0.3, 0.4) is 0 Å². The van der Waals surface area contributed by atoms with Crippen molar-refractivity contribution in [2.24, 2.45) is 0 Å². The normalized spacial score (nSPS) is 10.0. The highest BCUT2D eigenvalue weighted by atomic mass is 16.1. The number of carbonyl (C=O) groups excluding carboxylic acids is 1. The lowest BCUT2D eigenvalue weighted by atomic mass is 9.93. The summed E-state index contributed by atoms with van der Waals surface area (Å²) in [6, 6.07) is 21.3. The van der Waals surface area contributed by atoms with Crippen LogP contribution in [0.25, 0.3) is 5.57 Å². The van der Waals surface area contributed by atoms with E-state index in [0.29, 0.717) is 12.1 Å². The van der Waals surface area contributed by atoms with Gasteiger partial charge in [0.05, 0.1) is 0 Å². The third kappa shape index (κ3) is 5.58. The zero-order valence-corrected chi connectivity index (χ0v) is 15.2. The molecule has 1 amide bonds. The Morgan fingerprint density at radius 1 is 0.923 bits per heavy atom. The molecule has 2 aromatic carbocycles. The molecule has 2 aromatic rings. The maximum Gasteiger partial charge on any atom is 0.262 e. The molecule has 0 aliphatic heterocycles. The molecule has 0 saturated carbocycles. The highest BCUT2D eigenvalue weighted by Crippen LogP contribution is 2.26. The molecule has 0 saturated heterocycles. The number of amides is 1. The Morgan fingerprint density at radius 2 is 1.50 bits per heavy atom. The third-order valence-corrected chi connectivity index (χ3v) is 3.96. The molecule has 0 heterocycles. The first-order valence-electron chi connectivity index (χ1n) is 9.02. The van der Waals surface area contributed by atoms with Crippen molar-refractivity contribution < 1.29 is 4.79 Å². The number of rotatable bonds is 9. The van der Waals surface area contributed by atoms with Gasteiger partial charge in [-0.3, -0.25) is 4.79 Å². The van der Waals surface area contributed by atoms with Crippen LogP contribution in [0, 0.1) is 11.3 Å². The molecule has 0 fully saturated rings. The minimum atomic E-state index is -0.328. The second kappa shape index (κ2) is 10.9. The minimum absolute atomic E-state index is 0.143. The Balaban J connectivity index is 2.23. The lowest BCUT2D eigenvalue weighted by Crippen LogP contribution is -2.29. The van der Waals surface area contributed by atoms with Crippen LogP contribution in [0.4, 0.5) is 0 Å². The molecule has 4 heteroatoms. The van der Waals surface area contributed by atoms with E-state index in [4.69, 9.17) is 0 Å². The van der Waals surface area contributed by atoms with Crippen LogP contribution in [-0.2, 0) is 4.79 Å². The van der Waals surface area contributed by atoms with E-state index in [9.17, 15) is 10.1 Å². The fourth-order valence-corrected chi connectivity index (χ4v) is 2.69. The second-order valence-electron chi connectivity index (χ2n) is 5.95. The van der Waals surface area contributed by atoms with E-state index >= 15 is 0 Å². The lowest BCUT2D eigenvalue weighted by Gasteiger charge is -2.12. The Morgan fingerprint density at radius 3 is 2.00 bits per heavy atom. The van der Waals surface area contributed by atoms with Crippen molar-refractivity contribution in [3.63, 3.8) is 0 Å². The molecule has 2 N–H and O–H groups in total. The fourth-order valence-electron chi connectivity index (χ4n) is 2.69. The van der Waals surface area contributed by atoms with Crippen molar-refractivity contribution in [3.8, 4) is 6.07 Å². The van der Waals surface area contributed by atoms with Crippen LogP contribution < -0.4 is 10.6 Å². The quantitative estimate of drug-likeness (QED) is 0.414. The zero-order valence-electron chi connectivity index (χ0n) is 15.2. The summed E-state index contributed by atoms with van der Waals surface area (Å²) < 4.78 is 0. The van der Waals surface area contributed by atoms with Crippen LogP contribution in [0.2, 0.25) is 0 Å². The number of nitrogens with zero attached hydrogens (tertiary/aromatic N) is 1. The van der Waals surface area contributed by atoms with Crippen molar-refractivity contribution in [1.82, 2.24) is 10.6 Å². The first kappa shape index (κ1) is 19.4. The van der Waals surface area contributed by atoms with Gasteiger partial charge in [0.1, 0.15) is 11.6 Å². The number of carbonyl (C=O) groups is 1. The van der Waals surface area contributed by atoms with Gasteiger partial charge in [-0.05, 0) is 37.1 Å². The number of hydrogen-bond acceptors (Lipinski definition) is 3. The summed E-state index contributed by atoms with van der Waals surface area (Å²) in [5, 5.41) is 15.9. The van der Waals surface area contributed by atoms with E-state index in [1.54, 1.807) is 0 Å². The third-order valence-electron chi connectivity index (χ3n) is 3.96. The second-order valence-corrected chi connectivity index (χ2v) is 5.95. The smallest absolute Gasteiger partial charge is 0.262 e. The molecule has 0 aliphatic rings. The first-order chi connectivity index (χ1) is 12.8. The summed E-state index contributed by atoms with van der Waals surface area (Å²) >= 11 is 0. The monoisotopic (exact) mass is 347 g/mol. The van der Waals surface area contributed by atoms with Gasteiger partial charge in [0.2, 0.25) is 0 Å². The molecule has 26 heavy (non-hydrogen) atoms. The van der Waals surface area contributed by atoms with Crippen LogP contribution >= 0.6 is 0 Å². The minimum Gasteiger partial charge on any atom is -0.351 e. The molecule has 134 valence electrons. The molecule has 4 nitrogen and oxygen atoms in total. The van der Waals surface area contributed by atoms with Crippen molar-refractivity contribution in [2.45, 2.75) is 19.8 Å². The highest BCUT2D eigenvalue weighted by Gasteiger charge is 2.18. The molecule has 0 aromatic heterocycles. The van der Waals surface area contributed by atoms with Gasteiger partial charge in [-0.25, -0.2) is 0 Å². The van der Waals surface area contributed by atoms with Crippen LogP contribution in [-0.4, -0.2) is 25.5 Å². The number of benzene rings is 2. The van der Waals surface area contributed by atoms with Gasteiger partial charge in [-0.1, -0.05) is 67.6 Å². The SMILES string of the molecule is CCCNCCCNC(=O)C(C#N)=C(c1ccccc1)c1ccccc1. The van der Waals surface area contributed by atoms with Crippen molar-refractivity contribution >= 4 is 11.5 Å². The van der Waals surface area contributed by atoms with Gasteiger partial charge in [0.15, 0.2) is 0 Å². The van der Waals surface area contributed by atoms with Crippen molar-refractivity contribution in [3.05, 3.63) is 77.4 Å². The first-order valence-corrected chi connectivity index (χ1v) is 9.02. The lowest BCUT2D eigenvalue weighted by molar-refractivity contribution is -0.117. The molecular formula is C22H25N3O. The van der Waals surface area contributed by atoms with E-state index in [2.05, 4.69) is 23.6 Å². The van der Waals surface area contributed by atoms with Gasteiger partial charge in [-0.15, -0.1) is 0 Å². The topological polar surface area (TPSA) is 64.9 Å². The largest absolute Gasteiger partial charge is 0.351 e. The Hall–Kier alpha value is -2.90. The van der Waals surface area contributed by atoms with E-state index in [-0.39, 0.29) is 11.5 Å². The summed E-state index contributed by atoms with van der Waals surface area (Å²) in [5.41, 5.74) is 2.52. The van der Waals surface area contributed by atoms with Crippen LogP contribution in [0.15, 0.2) is 66.2 Å². The summed E-state index contributed by atoms with van der Waals surface area (Å²) in [4.78, 5) is 12.6. The van der Waals surface area contributed by atoms with E-state index in [0.717, 1.165) is 37.1 Å². The Labute approximate surface area is 155 Å². The summed E-state index contributed by atoms with van der Waals surface area (Å²) in [6.45, 7) is 4.48. The maximum atomic E-state index is 12.6. The van der Waals surface area contributed by atoms with Gasteiger partial charge < -0.3 is 10.6 Å². The van der Waals surface area contributed by atoms with Gasteiger partial charge in [0, 0.05) is 12.1 Å².